The van der Waals surface area contributed by atoms with Gasteiger partial charge in [0.05, 0.1) is 24.1 Å². The Labute approximate surface area is 212 Å². The Morgan fingerprint density at radius 2 is 1.86 bits per heavy atom. The minimum absolute atomic E-state index is 0.111. The van der Waals surface area contributed by atoms with E-state index in [1.165, 1.54) is 0 Å². The summed E-state index contributed by atoms with van der Waals surface area (Å²) in [4.78, 5) is 37.6. The van der Waals surface area contributed by atoms with Crippen molar-refractivity contribution < 1.29 is 14.3 Å². The van der Waals surface area contributed by atoms with Crippen LogP contribution in [-0.4, -0.2) is 40.4 Å². The summed E-state index contributed by atoms with van der Waals surface area (Å²) >= 11 is 0. The highest BCUT2D eigenvalue weighted by Gasteiger charge is 2.30. The molecule has 5 aromatic rings. The Morgan fingerprint density at radius 1 is 1.00 bits per heavy atom. The van der Waals surface area contributed by atoms with Gasteiger partial charge in [0.25, 0.3) is 5.91 Å². The Balaban J connectivity index is 1.23. The van der Waals surface area contributed by atoms with Crippen molar-refractivity contribution in [1.82, 2.24) is 20.3 Å². The number of carbonyl (C=O) groups excluding carboxylic acids is 2. The van der Waals surface area contributed by atoms with Crippen molar-refractivity contribution in [1.29, 1.82) is 0 Å². The minimum Gasteiger partial charge on any atom is -0.481 e. The van der Waals surface area contributed by atoms with E-state index in [2.05, 4.69) is 20.6 Å². The fraction of sp³-hybridized carbons (Fsp3) is 0.103. The molecule has 0 saturated carbocycles. The van der Waals surface area contributed by atoms with E-state index < -0.39 is 5.92 Å². The molecule has 37 heavy (non-hydrogen) atoms. The molecule has 0 bridgehead atoms. The number of benzene rings is 3. The van der Waals surface area contributed by atoms with Crippen molar-refractivity contribution in [2.24, 2.45) is 0 Å². The zero-order chi connectivity index (χ0) is 25.4. The maximum absolute atomic E-state index is 12.9. The molecule has 0 saturated heterocycles. The molecule has 0 fully saturated rings. The molecule has 1 aliphatic rings. The number of amides is 2. The monoisotopic (exact) mass is 489 g/mol. The summed E-state index contributed by atoms with van der Waals surface area (Å²) < 4.78 is 5.41. The lowest BCUT2D eigenvalue weighted by Crippen LogP contribution is -2.31. The summed E-state index contributed by atoms with van der Waals surface area (Å²) in [6.45, 7) is 0.218. The number of aromatic amines is 1. The third-order valence-electron chi connectivity index (χ3n) is 6.53. The van der Waals surface area contributed by atoms with E-state index in [0.717, 1.165) is 33.5 Å². The number of nitrogens with one attached hydrogen (secondary N) is 3. The smallest absolute Gasteiger partial charge is 0.251 e. The number of anilines is 1. The molecular formula is C29H23N5O3. The van der Waals surface area contributed by atoms with Crippen LogP contribution in [0.1, 0.15) is 21.8 Å². The number of para-hydroxylation sites is 1. The summed E-state index contributed by atoms with van der Waals surface area (Å²) in [6, 6.07) is 24.7. The molecule has 8 heteroatoms. The van der Waals surface area contributed by atoms with Crippen LogP contribution < -0.4 is 15.4 Å². The van der Waals surface area contributed by atoms with Crippen LogP contribution in [0, 0.1) is 0 Å². The fourth-order valence-electron chi connectivity index (χ4n) is 4.67. The van der Waals surface area contributed by atoms with Gasteiger partial charge in [-0.25, -0.2) is 9.97 Å². The highest BCUT2D eigenvalue weighted by atomic mass is 16.5. The Kier molecular flexibility index (Phi) is 5.61. The molecule has 3 N–H and O–H groups in total. The quantitative estimate of drug-likeness (QED) is 0.318. The lowest BCUT2D eigenvalue weighted by Gasteiger charge is -2.10. The summed E-state index contributed by atoms with van der Waals surface area (Å²) in [7, 11) is 1.60. The maximum Gasteiger partial charge on any atom is 0.251 e. The molecule has 1 aliphatic heterocycles. The molecule has 182 valence electrons. The first kappa shape index (κ1) is 22.5. The molecule has 2 aromatic heterocycles. The van der Waals surface area contributed by atoms with Gasteiger partial charge in [-0.15, -0.1) is 0 Å². The Morgan fingerprint density at radius 3 is 2.76 bits per heavy atom. The van der Waals surface area contributed by atoms with Gasteiger partial charge in [-0.2, -0.15) is 0 Å². The van der Waals surface area contributed by atoms with Gasteiger partial charge in [-0.1, -0.05) is 36.4 Å². The Bertz CT molecular complexity index is 1660. The molecule has 0 radical (unpaired) electrons. The molecule has 8 nitrogen and oxygen atoms in total. The number of H-pyrrole nitrogens is 1. The second-order valence-corrected chi connectivity index (χ2v) is 8.80. The van der Waals surface area contributed by atoms with Crippen LogP contribution in [0.5, 0.6) is 5.88 Å². The molecule has 0 aliphatic carbocycles. The Hall–Kier alpha value is -4.98. The second-order valence-electron chi connectivity index (χ2n) is 8.80. The second kappa shape index (κ2) is 9.23. The third kappa shape index (κ3) is 4.18. The van der Waals surface area contributed by atoms with E-state index in [1.807, 2.05) is 66.7 Å². The molecule has 1 unspecified atom stereocenters. The van der Waals surface area contributed by atoms with Crippen molar-refractivity contribution in [2.45, 2.75) is 5.92 Å². The van der Waals surface area contributed by atoms with Crippen LogP contribution in [-0.2, 0) is 4.79 Å². The van der Waals surface area contributed by atoms with Crippen molar-refractivity contribution in [2.75, 3.05) is 19.0 Å². The zero-order valence-electron chi connectivity index (χ0n) is 20.0. The number of fused-ring (bicyclic) bond motifs is 2. The number of nitrogens with zero attached hydrogens (tertiary/aromatic N) is 2. The van der Waals surface area contributed by atoms with E-state index in [9.17, 15) is 9.59 Å². The van der Waals surface area contributed by atoms with Crippen LogP contribution in [0.25, 0.3) is 33.5 Å². The van der Waals surface area contributed by atoms with E-state index in [1.54, 1.807) is 25.4 Å². The number of hydrogen-bond acceptors (Lipinski definition) is 5. The topological polar surface area (TPSA) is 109 Å². The number of carbonyl (C=O) groups is 2. The molecule has 1 atom stereocenters. The van der Waals surface area contributed by atoms with E-state index >= 15 is 0 Å². The average molecular weight is 490 g/mol. The number of hydrogen-bond donors (Lipinski definition) is 3. The first-order valence-corrected chi connectivity index (χ1v) is 11.9. The average Bonchev–Trinajstić information content (AvgIpc) is 3.51. The van der Waals surface area contributed by atoms with Gasteiger partial charge >= 0.3 is 0 Å². The molecular weight excluding hydrogens is 466 g/mol. The van der Waals surface area contributed by atoms with Crippen molar-refractivity contribution >= 4 is 28.5 Å². The number of pyridine rings is 1. The van der Waals surface area contributed by atoms with Gasteiger partial charge in [0.15, 0.2) is 0 Å². The SMILES string of the molecule is COc1ncccc1-c1cccc(-c2nc3cc(C(=O)NCC4C(=O)Nc5ccccc54)ccc3[nH]2)c1. The molecule has 3 aromatic carbocycles. The standard InChI is InChI=1S/C29H23N5O3/c1-37-29-20(9-5-13-30-29)17-6-4-7-18(14-17)26-32-24-12-11-19(15-25(24)33-26)27(35)31-16-22-21-8-2-3-10-23(21)34-28(22)36/h2-15,22H,16H2,1H3,(H,31,35)(H,32,33)(H,34,36). The van der Waals surface area contributed by atoms with Crippen LogP contribution in [0.4, 0.5) is 5.69 Å². The number of ether oxygens (including phenoxy) is 1. The first-order chi connectivity index (χ1) is 18.1. The van der Waals surface area contributed by atoms with Gasteiger partial charge in [0.2, 0.25) is 11.8 Å². The summed E-state index contributed by atoms with van der Waals surface area (Å²) in [6.07, 6.45) is 1.70. The number of aromatic nitrogens is 3. The normalized spacial score (nSPS) is 14.3. The van der Waals surface area contributed by atoms with E-state index in [-0.39, 0.29) is 18.4 Å². The van der Waals surface area contributed by atoms with Crippen LogP contribution >= 0.6 is 0 Å². The predicted molar refractivity (Wildman–Crippen MR) is 141 cm³/mol. The lowest BCUT2D eigenvalue weighted by atomic mass is 10.0. The molecule has 2 amide bonds. The molecule has 0 spiro atoms. The van der Waals surface area contributed by atoms with Gasteiger partial charge in [0.1, 0.15) is 5.82 Å². The van der Waals surface area contributed by atoms with Crippen LogP contribution in [0.3, 0.4) is 0 Å². The third-order valence-corrected chi connectivity index (χ3v) is 6.53. The lowest BCUT2D eigenvalue weighted by molar-refractivity contribution is -0.116. The van der Waals surface area contributed by atoms with Gasteiger partial charge in [-0.3, -0.25) is 9.59 Å². The molecule has 6 rings (SSSR count). The summed E-state index contributed by atoms with van der Waals surface area (Å²) in [5, 5.41) is 5.76. The zero-order valence-corrected chi connectivity index (χ0v) is 20.0. The summed E-state index contributed by atoms with van der Waals surface area (Å²) in [5.41, 5.74) is 6.41. The highest BCUT2D eigenvalue weighted by molar-refractivity contribution is 6.04. The van der Waals surface area contributed by atoms with Gasteiger partial charge < -0.3 is 20.4 Å². The summed E-state index contributed by atoms with van der Waals surface area (Å²) in [5.74, 6) is 0.468. The van der Waals surface area contributed by atoms with Crippen molar-refractivity contribution in [3.05, 3.63) is 96.2 Å². The van der Waals surface area contributed by atoms with E-state index in [4.69, 9.17) is 9.72 Å². The minimum atomic E-state index is -0.411. The van der Waals surface area contributed by atoms with Gasteiger partial charge in [0, 0.05) is 35.1 Å². The number of methoxy groups -OCH3 is 1. The first-order valence-electron chi connectivity index (χ1n) is 11.9. The van der Waals surface area contributed by atoms with E-state index in [0.29, 0.717) is 22.8 Å². The number of rotatable bonds is 6. The van der Waals surface area contributed by atoms with Crippen LogP contribution in [0.15, 0.2) is 85.1 Å². The van der Waals surface area contributed by atoms with Crippen LogP contribution in [0.2, 0.25) is 0 Å². The molecule has 3 heterocycles. The van der Waals surface area contributed by atoms with Gasteiger partial charge in [-0.05, 0) is 53.6 Å². The maximum atomic E-state index is 12.9. The highest BCUT2D eigenvalue weighted by Crippen LogP contribution is 2.32. The predicted octanol–water partition coefficient (Wildman–Crippen LogP) is 4.77. The number of imidazole rings is 1. The fourth-order valence-corrected chi connectivity index (χ4v) is 4.67. The largest absolute Gasteiger partial charge is 0.481 e. The van der Waals surface area contributed by atoms with Crippen molar-refractivity contribution in [3.8, 4) is 28.4 Å². The van der Waals surface area contributed by atoms with Crippen molar-refractivity contribution in [3.63, 3.8) is 0 Å².